The van der Waals surface area contributed by atoms with E-state index in [9.17, 15) is 9.90 Å². The van der Waals surface area contributed by atoms with Gasteiger partial charge in [0, 0.05) is 17.5 Å². The molecule has 3 aromatic rings. The SMILES string of the molecule is C=CCc1ccccc1Oc1ccc(C2CC(=O)Oc3cc(O)ccc32)cc1. The van der Waals surface area contributed by atoms with Crippen LogP contribution in [0, 0.1) is 0 Å². The van der Waals surface area contributed by atoms with Crippen LogP contribution in [-0.2, 0) is 11.2 Å². The van der Waals surface area contributed by atoms with Gasteiger partial charge in [-0.05, 0) is 41.8 Å². The highest BCUT2D eigenvalue weighted by atomic mass is 16.5. The van der Waals surface area contributed by atoms with E-state index in [1.54, 1.807) is 12.1 Å². The van der Waals surface area contributed by atoms with E-state index in [2.05, 4.69) is 6.58 Å². The molecule has 0 saturated carbocycles. The fraction of sp³-hybridized carbons (Fsp3) is 0.125. The van der Waals surface area contributed by atoms with E-state index in [1.807, 2.05) is 54.6 Å². The van der Waals surface area contributed by atoms with Crippen molar-refractivity contribution in [1.82, 2.24) is 0 Å². The Kier molecular flexibility index (Phi) is 4.85. The Hall–Kier alpha value is -3.53. The number of rotatable bonds is 5. The van der Waals surface area contributed by atoms with Crippen LogP contribution in [0.2, 0.25) is 0 Å². The minimum absolute atomic E-state index is 0.0779. The van der Waals surface area contributed by atoms with E-state index in [-0.39, 0.29) is 24.1 Å². The molecule has 4 rings (SSSR count). The number of fused-ring (bicyclic) bond motifs is 1. The van der Waals surface area contributed by atoms with Crippen LogP contribution in [0.1, 0.15) is 29.0 Å². The molecule has 1 N–H and O–H groups in total. The molecule has 1 aliphatic heterocycles. The predicted molar refractivity (Wildman–Crippen MR) is 107 cm³/mol. The Labute approximate surface area is 163 Å². The zero-order valence-corrected chi connectivity index (χ0v) is 15.3. The number of esters is 1. The molecule has 0 spiro atoms. The average Bonchev–Trinajstić information content (AvgIpc) is 2.69. The van der Waals surface area contributed by atoms with E-state index in [1.165, 1.54) is 6.07 Å². The van der Waals surface area contributed by atoms with Crippen LogP contribution in [0.15, 0.2) is 79.4 Å². The highest BCUT2D eigenvalue weighted by Crippen LogP contribution is 2.40. The maximum atomic E-state index is 12.0. The third kappa shape index (κ3) is 3.62. The third-order valence-corrected chi connectivity index (χ3v) is 4.81. The molecule has 0 bridgehead atoms. The van der Waals surface area contributed by atoms with E-state index < -0.39 is 0 Å². The Morgan fingerprint density at radius 1 is 1.11 bits per heavy atom. The number of benzene rings is 3. The van der Waals surface area contributed by atoms with Gasteiger partial charge in [0.1, 0.15) is 23.0 Å². The van der Waals surface area contributed by atoms with Gasteiger partial charge < -0.3 is 14.6 Å². The van der Waals surface area contributed by atoms with Gasteiger partial charge in [-0.3, -0.25) is 4.79 Å². The number of phenolic OH excluding ortho intramolecular Hbond substituents is 1. The number of carbonyl (C=O) groups excluding carboxylic acids is 1. The average molecular weight is 372 g/mol. The lowest BCUT2D eigenvalue weighted by Crippen LogP contribution is -2.20. The number of hydrogen-bond donors (Lipinski definition) is 1. The van der Waals surface area contributed by atoms with Crippen molar-refractivity contribution in [2.75, 3.05) is 0 Å². The van der Waals surface area contributed by atoms with Gasteiger partial charge in [-0.15, -0.1) is 6.58 Å². The fourth-order valence-corrected chi connectivity index (χ4v) is 3.46. The van der Waals surface area contributed by atoms with Crippen LogP contribution < -0.4 is 9.47 Å². The maximum absolute atomic E-state index is 12.0. The minimum atomic E-state index is -0.304. The van der Waals surface area contributed by atoms with Crippen LogP contribution in [0.5, 0.6) is 23.0 Å². The molecule has 3 aromatic carbocycles. The maximum Gasteiger partial charge on any atom is 0.312 e. The second kappa shape index (κ2) is 7.61. The fourth-order valence-electron chi connectivity index (χ4n) is 3.46. The summed E-state index contributed by atoms with van der Waals surface area (Å²) >= 11 is 0. The monoisotopic (exact) mass is 372 g/mol. The van der Waals surface area contributed by atoms with Crippen molar-refractivity contribution in [2.24, 2.45) is 0 Å². The summed E-state index contributed by atoms with van der Waals surface area (Å²) in [6.45, 7) is 3.79. The molecule has 0 aromatic heterocycles. The van der Waals surface area contributed by atoms with Gasteiger partial charge in [-0.2, -0.15) is 0 Å². The first kappa shape index (κ1) is 17.9. The molecular formula is C24H20O4. The summed E-state index contributed by atoms with van der Waals surface area (Å²) in [6, 6.07) is 20.5. The molecule has 4 nitrogen and oxygen atoms in total. The molecule has 4 heteroatoms. The lowest BCUT2D eigenvalue weighted by atomic mass is 9.86. The van der Waals surface area contributed by atoms with Crippen LogP contribution >= 0.6 is 0 Å². The zero-order chi connectivity index (χ0) is 19.5. The van der Waals surface area contributed by atoms with Crippen molar-refractivity contribution in [3.63, 3.8) is 0 Å². The molecule has 1 unspecified atom stereocenters. The molecule has 1 atom stereocenters. The molecule has 0 aliphatic carbocycles. The summed E-state index contributed by atoms with van der Waals surface area (Å²) in [7, 11) is 0. The van der Waals surface area contributed by atoms with Crippen LogP contribution in [0.25, 0.3) is 0 Å². The third-order valence-electron chi connectivity index (χ3n) is 4.81. The van der Waals surface area contributed by atoms with Gasteiger partial charge in [0.15, 0.2) is 0 Å². The summed E-state index contributed by atoms with van der Waals surface area (Å²) in [6.07, 6.45) is 2.85. The van der Waals surface area contributed by atoms with E-state index in [0.29, 0.717) is 5.75 Å². The van der Waals surface area contributed by atoms with Gasteiger partial charge >= 0.3 is 5.97 Å². The van der Waals surface area contributed by atoms with Crippen molar-refractivity contribution in [3.8, 4) is 23.0 Å². The number of phenols is 1. The molecule has 28 heavy (non-hydrogen) atoms. The molecule has 0 fully saturated rings. The minimum Gasteiger partial charge on any atom is -0.508 e. The molecule has 0 saturated heterocycles. The first-order chi connectivity index (χ1) is 13.6. The second-order valence-corrected chi connectivity index (χ2v) is 6.72. The Bertz CT molecular complexity index is 1020. The molecule has 1 heterocycles. The van der Waals surface area contributed by atoms with Crippen LogP contribution in [0.3, 0.4) is 0 Å². The van der Waals surface area contributed by atoms with Gasteiger partial charge in [0.25, 0.3) is 0 Å². The Morgan fingerprint density at radius 2 is 1.89 bits per heavy atom. The van der Waals surface area contributed by atoms with E-state index in [4.69, 9.17) is 9.47 Å². The van der Waals surface area contributed by atoms with Crippen molar-refractivity contribution in [1.29, 1.82) is 0 Å². The number of carbonyl (C=O) groups is 1. The van der Waals surface area contributed by atoms with Gasteiger partial charge in [-0.25, -0.2) is 0 Å². The number of para-hydroxylation sites is 1. The molecule has 0 amide bonds. The first-order valence-corrected chi connectivity index (χ1v) is 9.14. The Morgan fingerprint density at radius 3 is 2.68 bits per heavy atom. The zero-order valence-electron chi connectivity index (χ0n) is 15.3. The van der Waals surface area contributed by atoms with E-state index >= 15 is 0 Å². The van der Waals surface area contributed by atoms with E-state index in [0.717, 1.165) is 34.6 Å². The lowest BCUT2D eigenvalue weighted by Gasteiger charge is -2.25. The van der Waals surface area contributed by atoms with Crippen molar-refractivity contribution >= 4 is 5.97 Å². The van der Waals surface area contributed by atoms with Crippen molar-refractivity contribution in [3.05, 3.63) is 96.1 Å². The topological polar surface area (TPSA) is 55.8 Å². The smallest absolute Gasteiger partial charge is 0.312 e. The number of aromatic hydroxyl groups is 1. The molecular weight excluding hydrogens is 352 g/mol. The number of hydrogen-bond acceptors (Lipinski definition) is 4. The normalized spacial score (nSPS) is 15.4. The standard InChI is InChI=1S/C24H20O4/c1-2-5-17-6-3-4-7-22(17)27-19-11-8-16(9-12-19)21-15-24(26)28-23-14-18(25)10-13-20(21)23/h2-4,6-14,21,25H,1,5,15H2. The lowest BCUT2D eigenvalue weighted by molar-refractivity contribution is -0.135. The van der Waals surface area contributed by atoms with Crippen LogP contribution in [-0.4, -0.2) is 11.1 Å². The summed E-state index contributed by atoms with van der Waals surface area (Å²) in [5.74, 6) is 1.61. The largest absolute Gasteiger partial charge is 0.508 e. The molecule has 0 radical (unpaired) electrons. The predicted octanol–water partition coefficient (Wildman–Crippen LogP) is 5.35. The Balaban J connectivity index is 1.59. The summed E-state index contributed by atoms with van der Waals surface area (Å²) < 4.78 is 11.3. The highest BCUT2D eigenvalue weighted by Gasteiger charge is 2.28. The van der Waals surface area contributed by atoms with Crippen molar-refractivity contribution < 1.29 is 19.4 Å². The highest BCUT2D eigenvalue weighted by molar-refractivity contribution is 5.78. The number of allylic oxidation sites excluding steroid dienone is 1. The second-order valence-electron chi connectivity index (χ2n) is 6.72. The van der Waals surface area contributed by atoms with Gasteiger partial charge in [0.2, 0.25) is 0 Å². The number of ether oxygens (including phenoxy) is 2. The molecule has 140 valence electrons. The van der Waals surface area contributed by atoms with Gasteiger partial charge in [-0.1, -0.05) is 42.5 Å². The van der Waals surface area contributed by atoms with Crippen LogP contribution in [0.4, 0.5) is 0 Å². The summed E-state index contributed by atoms with van der Waals surface area (Å²) in [5, 5.41) is 9.65. The quantitative estimate of drug-likeness (QED) is 0.372. The molecule has 1 aliphatic rings. The summed E-state index contributed by atoms with van der Waals surface area (Å²) in [5.41, 5.74) is 2.96. The first-order valence-electron chi connectivity index (χ1n) is 9.14. The summed E-state index contributed by atoms with van der Waals surface area (Å²) in [4.78, 5) is 12.0. The van der Waals surface area contributed by atoms with Crippen molar-refractivity contribution in [2.45, 2.75) is 18.8 Å². The van der Waals surface area contributed by atoms with Gasteiger partial charge in [0.05, 0.1) is 6.42 Å².